The number of carbonyl (C=O) groups excluding carboxylic acids is 1. The van der Waals surface area contributed by atoms with E-state index in [4.69, 9.17) is 9.15 Å². The molecule has 0 aliphatic carbocycles. The molecule has 0 amide bonds. The first kappa shape index (κ1) is 17.1. The molecule has 0 saturated heterocycles. The van der Waals surface area contributed by atoms with Gasteiger partial charge in [-0.05, 0) is 54.3 Å². The molecule has 1 N–H and O–H groups in total. The number of pyridine rings is 1. The topological polar surface area (TPSA) is 97.8 Å². The molecule has 7 heteroatoms. The fraction of sp³-hybridized carbons (Fsp3) is 0.200. The molecule has 0 bridgehead atoms. The molecule has 0 radical (unpaired) electrons. The van der Waals surface area contributed by atoms with Crippen LogP contribution in [-0.4, -0.2) is 39.9 Å². The predicted octanol–water partition coefficient (Wildman–Crippen LogP) is 2.26. The van der Waals surface area contributed by atoms with Crippen molar-refractivity contribution < 1.29 is 19.1 Å². The molecule has 3 aromatic rings. The van der Waals surface area contributed by atoms with E-state index >= 15 is 0 Å². The van der Waals surface area contributed by atoms with Crippen molar-refractivity contribution >= 4 is 22.7 Å². The Morgan fingerprint density at radius 3 is 2.67 bits per heavy atom. The second-order valence-electron chi connectivity index (χ2n) is 6.16. The van der Waals surface area contributed by atoms with Crippen molar-refractivity contribution in [3.05, 3.63) is 65.7 Å². The van der Waals surface area contributed by atoms with Gasteiger partial charge in [0.15, 0.2) is 0 Å². The molecule has 136 valence electrons. The molecule has 27 heavy (non-hydrogen) atoms. The summed E-state index contributed by atoms with van der Waals surface area (Å²) in [5.41, 5.74) is 3.56. The van der Waals surface area contributed by atoms with Crippen LogP contribution in [0.15, 0.2) is 58.1 Å². The Balaban J connectivity index is 1.51. The molecule has 0 spiro atoms. The molecular formula is C20H17N3O4. The summed E-state index contributed by atoms with van der Waals surface area (Å²) in [5.74, 6) is 0.602. The Hall–Kier alpha value is -3.32. The third-order valence-corrected chi connectivity index (χ3v) is 4.31. The Labute approximate surface area is 155 Å². The van der Waals surface area contributed by atoms with Crippen molar-refractivity contribution in [1.29, 1.82) is 0 Å². The van der Waals surface area contributed by atoms with Crippen LogP contribution < -0.4 is 4.74 Å². The highest BCUT2D eigenvalue weighted by molar-refractivity contribution is 6.13. The van der Waals surface area contributed by atoms with Crippen LogP contribution in [0, 0.1) is 0 Å². The molecule has 1 aromatic carbocycles. The second-order valence-corrected chi connectivity index (χ2v) is 6.16. The molecule has 2 aromatic heterocycles. The van der Waals surface area contributed by atoms with Crippen LogP contribution in [0.2, 0.25) is 0 Å². The molecule has 1 unspecified atom stereocenters. The van der Waals surface area contributed by atoms with E-state index < -0.39 is 12.0 Å². The first-order chi connectivity index (χ1) is 13.1. The lowest BCUT2D eigenvalue weighted by Crippen LogP contribution is -2.21. The number of ether oxygens (including phenoxy) is 1. The number of aryl methyl sites for hydroxylation is 2. The van der Waals surface area contributed by atoms with Crippen LogP contribution in [0.3, 0.4) is 0 Å². The van der Waals surface area contributed by atoms with Gasteiger partial charge in [0.05, 0.1) is 7.11 Å². The van der Waals surface area contributed by atoms with E-state index in [9.17, 15) is 9.90 Å². The van der Waals surface area contributed by atoms with E-state index in [0.29, 0.717) is 16.9 Å². The van der Waals surface area contributed by atoms with E-state index in [1.165, 1.54) is 17.7 Å². The summed E-state index contributed by atoms with van der Waals surface area (Å²) < 4.78 is 10.8. The van der Waals surface area contributed by atoms with Gasteiger partial charge in [-0.15, -0.1) is 0 Å². The number of oxazole rings is 1. The number of rotatable bonds is 5. The zero-order chi connectivity index (χ0) is 18.8. The quantitative estimate of drug-likeness (QED) is 0.747. The van der Waals surface area contributed by atoms with Gasteiger partial charge in [0.25, 0.3) is 0 Å². The maximum Gasteiger partial charge on any atom is 0.247 e. The van der Waals surface area contributed by atoms with E-state index in [1.807, 2.05) is 30.3 Å². The minimum atomic E-state index is -1.41. The first-order valence-electron chi connectivity index (χ1n) is 8.49. The maximum absolute atomic E-state index is 11.3. The molecule has 0 fully saturated rings. The maximum atomic E-state index is 11.3. The standard InChI is InChI=1S/C20H17N3O4/c1-26-14-6-4-12(5-7-14)2-3-13-10-16-19(21-11-13)27-20(23-16)15-8-9-17(24)18(25)22-15/h4-11,18,25H,2-3H2,1H3. The van der Waals surface area contributed by atoms with Gasteiger partial charge in [0, 0.05) is 6.20 Å². The lowest BCUT2D eigenvalue weighted by Gasteiger charge is -2.06. The van der Waals surface area contributed by atoms with Gasteiger partial charge in [-0.1, -0.05) is 12.1 Å². The summed E-state index contributed by atoms with van der Waals surface area (Å²) in [7, 11) is 1.65. The number of ketones is 1. The molecule has 4 rings (SSSR count). The number of carbonyl (C=O) groups is 1. The molecule has 0 saturated carbocycles. The van der Waals surface area contributed by atoms with Gasteiger partial charge in [-0.2, -0.15) is 0 Å². The minimum absolute atomic E-state index is 0.229. The van der Waals surface area contributed by atoms with Crippen LogP contribution in [0.25, 0.3) is 11.2 Å². The van der Waals surface area contributed by atoms with E-state index in [-0.39, 0.29) is 5.89 Å². The Bertz CT molecular complexity index is 1050. The second kappa shape index (κ2) is 7.13. The highest BCUT2D eigenvalue weighted by Gasteiger charge is 2.20. The summed E-state index contributed by atoms with van der Waals surface area (Å²) >= 11 is 0. The molecule has 3 heterocycles. The Morgan fingerprint density at radius 1 is 1.15 bits per heavy atom. The van der Waals surface area contributed by atoms with Crippen molar-refractivity contribution in [2.75, 3.05) is 7.11 Å². The third-order valence-electron chi connectivity index (χ3n) is 4.31. The highest BCUT2D eigenvalue weighted by atomic mass is 16.5. The number of hydrogen-bond acceptors (Lipinski definition) is 7. The van der Waals surface area contributed by atoms with Crippen molar-refractivity contribution in [2.24, 2.45) is 4.99 Å². The summed E-state index contributed by atoms with van der Waals surface area (Å²) in [6.07, 6.45) is 4.77. The molecule has 1 aliphatic rings. The first-order valence-corrected chi connectivity index (χ1v) is 8.49. The zero-order valence-electron chi connectivity index (χ0n) is 14.6. The van der Waals surface area contributed by atoms with Crippen LogP contribution in [-0.2, 0) is 17.6 Å². The Morgan fingerprint density at radius 2 is 1.93 bits per heavy atom. The summed E-state index contributed by atoms with van der Waals surface area (Å²) in [6.45, 7) is 0. The molecule has 7 nitrogen and oxygen atoms in total. The minimum Gasteiger partial charge on any atom is -0.497 e. The van der Waals surface area contributed by atoms with Crippen LogP contribution >= 0.6 is 0 Å². The van der Waals surface area contributed by atoms with Crippen molar-refractivity contribution in [1.82, 2.24) is 9.97 Å². The normalized spacial score (nSPS) is 16.6. The monoisotopic (exact) mass is 363 g/mol. The van der Waals surface area contributed by atoms with Gasteiger partial charge < -0.3 is 14.3 Å². The van der Waals surface area contributed by atoms with Gasteiger partial charge in [0.2, 0.25) is 23.6 Å². The fourth-order valence-electron chi connectivity index (χ4n) is 2.80. The van der Waals surface area contributed by atoms with E-state index in [2.05, 4.69) is 15.0 Å². The van der Waals surface area contributed by atoms with Gasteiger partial charge in [-0.25, -0.2) is 15.0 Å². The van der Waals surface area contributed by atoms with E-state index in [1.54, 1.807) is 13.3 Å². The number of dihydropyridines is 1. The average molecular weight is 363 g/mol. The van der Waals surface area contributed by atoms with Gasteiger partial charge in [0.1, 0.15) is 17.0 Å². The average Bonchev–Trinajstić information content (AvgIpc) is 3.12. The third kappa shape index (κ3) is 3.63. The zero-order valence-corrected chi connectivity index (χ0v) is 14.6. The van der Waals surface area contributed by atoms with Crippen LogP contribution in [0.1, 0.15) is 17.0 Å². The number of nitrogens with zero attached hydrogens (tertiary/aromatic N) is 3. The number of aliphatic imine (C=N–C) groups is 1. The number of methoxy groups -OCH3 is 1. The SMILES string of the molecule is COc1ccc(CCc2cnc3oc(C4=NC(O)C(=O)C=C4)nc3c2)cc1. The lowest BCUT2D eigenvalue weighted by molar-refractivity contribution is -0.121. The Kier molecular flexibility index (Phi) is 4.52. The van der Waals surface area contributed by atoms with Crippen molar-refractivity contribution in [3.63, 3.8) is 0 Å². The van der Waals surface area contributed by atoms with Crippen molar-refractivity contribution in [3.8, 4) is 5.75 Å². The summed E-state index contributed by atoms with van der Waals surface area (Å²) in [5, 5.41) is 9.56. The lowest BCUT2D eigenvalue weighted by atomic mass is 10.1. The molecular weight excluding hydrogens is 346 g/mol. The smallest absolute Gasteiger partial charge is 0.247 e. The van der Waals surface area contributed by atoms with Gasteiger partial charge in [-0.3, -0.25) is 4.79 Å². The number of aliphatic hydroxyl groups excluding tert-OH is 1. The predicted molar refractivity (Wildman–Crippen MR) is 98.9 cm³/mol. The van der Waals surface area contributed by atoms with Crippen LogP contribution in [0.5, 0.6) is 5.75 Å². The van der Waals surface area contributed by atoms with E-state index in [0.717, 1.165) is 24.2 Å². The fourth-order valence-corrected chi connectivity index (χ4v) is 2.80. The largest absolute Gasteiger partial charge is 0.497 e. The number of benzene rings is 1. The van der Waals surface area contributed by atoms with Crippen LogP contribution in [0.4, 0.5) is 0 Å². The number of hydrogen-bond donors (Lipinski definition) is 1. The van der Waals surface area contributed by atoms with Gasteiger partial charge >= 0.3 is 0 Å². The molecule has 1 atom stereocenters. The van der Waals surface area contributed by atoms with Crippen molar-refractivity contribution in [2.45, 2.75) is 19.1 Å². The molecule has 1 aliphatic heterocycles. The number of fused-ring (bicyclic) bond motifs is 1. The number of allylic oxidation sites excluding steroid dienone is 1. The number of aromatic nitrogens is 2. The summed E-state index contributed by atoms with van der Waals surface area (Å²) in [4.78, 5) is 23.9. The number of aliphatic hydroxyl groups is 1. The summed E-state index contributed by atoms with van der Waals surface area (Å²) in [6, 6.07) is 9.89. The highest BCUT2D eigenvalue weighted by Crippen LogP contribution is 2.19.